The van der Waals surface area contributed by atoms with Crippen LogP contribution in [0.4, 0.5) is 0 Å². The van der Waals surface area contributed by atoms with Crippen molar-refractivity contribution in [3.63, 3.8) is 0 Å². The largest absolute Gasteiger partial charge is 0.464 e. The minimum atomic E-state index is -1.10. The highest BCUT2D eigenvalue weighted by atomic mass is 35.5. The average Bonchev–Trinajstić information content (AvgIpc) is 3.99. The van der Waals surface area contributed by atoms with Gasteiger partial charge in [0.15, 0.2) is 12.1 Å². The molecule has 4 aromatic carbocycles. The first kappa shape index (κ1) is 43.4. The van der Waals surface area contributed by atoms with Crippen LogP contribution in [0.25, 0.3) is 0 Å². The second-order valence-electron chi connectivity index (χ2n) is 13.5. The molecule has 304 valence electrons. The third-order valence-corrected chi connectivity index (χ3v) is 10.1. The quantitative estimate of drug-likeness (QED) is 0.142. The van der Waals surface area contributed by atoms with Gasteiger partial charge in [-0.25, -0.2) is 9.59 Å². The van der Waals surface area contributed by atoms with Crippen LogP contribution in [0.1, 0.15) is 104 Å². The molecule has 4 aromatic rings. The first-order valence-corrected chi connectivity index (χ1v) is 20.0. The molecule has 2 heterocycles. The van der Waals surface area contributed by atoms with Crippen molar-refractivity contribution in [2.24, 2.45) is 0 Å². The monoisotopic (exact) mass is 828 g/mol. The Morgan fingerprint density at radius 2 is 0.862 bits per heavy atom. The Morgan fingerprint density at radius 3 is 1.19 bits per heavy atom. The molecule has 2 N–H and O–H groups in total. The maximum absolute atomic E-state index is 13.0. The maximum atomic E-state index is 13.0. The molecule has 2 fully saturated rings. The van der Waals surface area contributed by atoms with Crippen LogP contribution >= 0.6 is 23.2 Å². The lowest BCUT2D eigenvalue weighted by molar-refractivity contribution is -0.146. The van der Waals surface area contributed by atoms with Gasteiger partial charge in [-0.1, -0.05) is 59.6 Å². The van der Waals surface area contributed by atoms with E-state index in [2.05, 4.69) is 10.6 Å². The molecule has 0 radical (unpaired) electrons. The normalized spacial score (nSPS) is 14.3. The number of hydrogen-bond acceptors (Lipinski definition) is 8. The van der Waals surface area contributed by atoms with E-state index in [-0.39, 0.29) is 25.0 Å². The van der Waals surface area contributed by atoms with E-state index in [1.54, 1.807) is 121 Å². The molecule has 0 bridgehead atoms. The summed E-state index contributed by atoms with van der Waals surface area (Å²) in [5.74, 6) is -2.43. The van der Waals surface area contributed by atoms with Crippen molar-refractivity contribution in [3.05, 3.63) is 140 Å². The molecule has 12 nitrogen and oxygen atoms in total. The van der Waals surface area contributed by atoms with E-state index >= 15 is 0 Å². The van der Waals surface area contributed by atoms with Crippen molar-refractivity contribution in [3.8, 4) is 0 Å². The molecule has 2 aliphatic rings. The fourth-order valence-corrected chi connectivity index (χ4v) is 6.93. The lowest BCUT2D eigenvalue weighted by Gasteiger charge is -2.22. The van der Waals surface area contributed by atoms with E-state index in [1.165, 1.54) is 0 Å². The third kappa shape index (κ3) is 11.2. The molecule has 14 heteroatoms. The van der Waals surface area contributed by atoms with Crippen LogP contribution in [-0.4, -0.2) is 84.8 Å². The van der Waals surface area contributed by atoms with Gasteiger partial charge in [-0.3, -0.25) is 19.2 Å². The van der Waals surface area contributed by atoms with Crippen molar-refractivity contribution in [2.75, 3.05) is 39.4 Å². The van der Waals surface area contributed by atoms with Crippen molar-refractivity contribution in [1.82, 2.24) is 20.4 Å². The van der Waals surface area contributed by atoms with Crippen molar-refractivity contribution in [2.45, 2.75) is 51.6 Å². The molecule has 2 aliphatic heterocycles. The van der Waals surface area contributed by atoms with Crippen molar-refractivity contribution in [1.29, 1.82) is 0 Å². The molecule has 2 saturated heterocycles. The van der Waals surface area contributed by atoms with Gasteiger partial charge < -0.3 is 29.9 Å². The lowest BCUT2D eigenvalue weighted by Crippen LogP contribution is -2.37. The van der Waals surface area contributed by atoms with Crippen molar-refractivity contribution >= 4 is 58.8 Å². The zero-order valence-electron chi connectivity index (χ0n) is 32.4. The molecule has 2 atom stereocenters. The van der Waals surface area contributed by atoms with Crippen LogP contribution in [0.3, 0.4) is 0 Å². The molecule has 0 spiro atoms. The summed E-state index contributed by atoms with van der Waals surface area (Å²) in [6.45, 7) is 6.46. The molecule has 4 amide bonds. The Labute approximate surface area is 347 Å². The Hall–Kier alpha value is -5.72. The van der Waals surface area contributed by atoms with E-state index in [1.807, 2.05) is 0 Å². The minimum absolute atomic E-state index is 0.145. The number of likely N-dealkylation sites (tertiary alicyclic amines) is 2. The first-order chi connectivity index (χ1) is 28.0. The standard InChI is InChI=1S/2C22H23ClN2O4/c2*1-2-29-22(28)19(24-20(26)15-9-11-16(23)12-10-15)17-7-3-4-8-18(17)21(27)25-13-5-6-14-25/h2*3-4,7-12,19H,2,5-6,13-14H2,1H3,(H,24,26)/t2*19-/m00/s1. The molecule has 6 rings (SSSR count). The number of carbonyl (C=O) groups is 6. The SMILES string of the molecule is CCOC(=O)[C@@H](NC(=O)c1ccc(Cl)cc1)c1ccccc1C(=O)N1CCCC1.CCOC(=O)[C@@H](NC(=O)c1ccc(Cl)cc1)c1ccccc1C(=O)N1CCCC1. The summed E-state index contributed by atoms with van der Waals surface area (Å²) in [6, 6.07) is 24.1. The van der Waals surface area contributed by atoms with Crippen LogP contribution in [0, 0.1) is 0 Å². The summed E-state index contributed by atoms with van der Waals surface area (Å²) in [5, 5.41) is 6.43. The second kappa shape index (κ2) is 21.2. The molecule has 0 aromatic heterocycles. The number of esters is 2. The second-order valence-corrected chi connectivity index (χ2v) is 14.4. The van der Waals surface area contributed by atoms with Crippen LogP contribution in [0.5, 0.6) is 0 Å². The number of rotatable bonds is 12. The smallest absolute Gasteiger partial charge is 0.333 e. The van der Waals surface area contributed by atoms with Gasteiger partial charge in [-0.2, -0.15) is 0 Å². The summed E-state index contributed by atoms with van der Waals surface area (Å²) in [7, 11) is 0. The van der Waals surface area contributed by atoms with E-state index in [4.69, 9.17) is 32.7 Å². The van der Waals surface area contributed by atoms with Crippen LogP contribution in [0.15, 0.2) is 97.1 Å². The maximum Gasteiger partial charge on any atom is 0.333 e. The molecule has 0 saturated carbocycles. The average molecular weight is 830 g/mol. The number of hydrogen-bond donors (Lipinski definition) is 2. The highest BCUT2D eigenvalue weighted by molar-refractivity contribution is 6.31. The summed E-state index contributed by atoms with van der Waals surface area (Å²) >= 11 is 11.8. The molecule has 0 aliphatic carbocycles. The molecular weight excluding hydrogens is 783 g/mol. The van der Waals surface area contributed by atoms with Gasteiger partial charge in [0, 0.05) is 58.5 Å². The van der Waals surface area contributed by atoms with Gasteiger partial charge in [0.05, 0.1) is 13.2 Å². The summed E-state index contributed by atoms with van der Waals surface area (Å²) < 4.78 is 10.3. The van der Waals surface area contributed by atoms with Gasteiger partial charge in [-0.15, -0.1) is 0 Å². The predicted molar refractivity (Wildman–Crippen MR) is 220 cm³/mol. The zero-order valence-corrected chi connectivity index (χ0v) is 33.9. The van der Waals surface area contributed by atoms with Crippen LogP contribution < -0.4 is 10.6 Å². The molecule has 58 heavy (non-hydrogen) atoms. The predicted octanol–water partition coefficient (Wildman–Crippen LogP) is 7.22. The number of nitrogens with zero attached hydrogens (tertiary/aromatic N) is 2. The van der Waals surface area contributed by atoms with Crippen molar-refractivity contribution < 1.29 is 38.2 Å². The summed E-state index contributed by atoms with van der Waals surface area (Å²) in [4.78, 5) is 80.3. The molecule has 0 unspecified atom stereocenters. The highest BCUT2D eigenvalue weighted by Crippen LogP contribution is 2.26. The number of halogens is 2. The van der Waals surface area contributed by atoms with Gasteiger partial charge >= 0.3 is 11.9 Å². The molecular formula is C44H46Cl2N4O8. The van der Waals surface area contributed by atoms with Gasteiger partial charge in [-0.05, 0) is 111 Å². The topological polar surface area (TPSA) is 151 Å². The zero-order chi connectivity index (χ0) is 41.6. The first-order valence-electron chi connectivity index (χ1n) is 19.2. The highest BCUT2D eigenvalue weighted by Gasteiger charge is 2.32. The summed E-state index contributed by atoms with van der Waals surface area (Å²) in [5.41, 5.74) is 2.34. The Morgan fingerprint density at radius 1 is 0.534 bits per heavy atom. The van der Waals surface area contributed by atoms with E-state index < -0.39 is 35.8 Å². The number of ether oxygens (including phenoxy) is 2. The van der Waals surface area contributed by atoms with E-state index in [9.17, 15) is 28.8 Å². The number of benzene rings is 4. The number of nitrogens with one attached hydrogen (secondary N) is 2. The van der Waals surface area contributed by atoms with E-state index in [0.29, 0.717) is 69.6 Å². The van der Waals surface area contributed by atoms with Crippen LogP contribution in [-0.2, 0) is 19.1 Å². The fraction of sp³-hybridized carbons (Fsp3) is 0.318. The van der Waals surface area contributed by atoms with Gasteiger partial charge in [0.1, 0.15) is 0 Å². The van der Waals surface area contributed by atoms with Gasteiger partial charge in [0.25, 0.3) is 23.6 Å². The Balaban J connectivity index is 0.000000221. The Kier molecular flexibility index (Phi) is 15.8. The number of carbonyl (C=O) groups excluding carboxylic acids is 6. The number of amides is 4. The fourth-order valence-electron chi connectivity index (χ4n) is 6.68. The van der Waals surface area contributed by atoms with E-state index in [0.717, 1.165) is 25.7 Å². The van der Waals surface area contributed by atoms with Gasteiger partial charge in [0.2, 0.25) is 0 Å². The Bertz CT molecular complexity index is 1930. The summed E-state index contributed by atoms with van der Waals surface area (Å²) in [6.07, 6.45) is 3.84. The van der Waals surface area contributed by atoms with Crippen LogP contribution in [0.2, 0.25) is 10.0 Å². The lowest BCUT2D eigenvalue weighted by atomic mass is 9.98. The minimum Gasteiger partial charge on any atom is -0.464 e. The third-order valence-electron chi connectivity index (χ3n) is 9.60.